The summed E-state index contributed by atoms with van der Waals surface area (Å²) in [6.07, 6.45) is -1.79. The number of hydrogen-bond acceptors (Lipinski definition) is 4. The van der Waals surface area contributed by atoms with Crippen LogP contribution in [0.5, 0.6) is 0 Å². The van der Waals surface area contributed by atoms with Crippen LogP contribution in [0.4, 0.5) is 0 Å². The molecule has 0 bridgehead atoms. The van der Waals surface area contributed by atoms with Crippen LogP contribution in [0.2, 0.25) is 0 Å². The van der Waals surface area contributed by atoms with Crippen molar-refractivity contribution in [3.63, 3.8) is 0 Å². The molecule has 0 heterocycles. The van der Waals surface area contributed by atoms with Gasteiger partial charge in [-0.3, -0.25) is 9.59 Å². The predicted octanol–water partition coefficient (Wildman–Crippen LogP) is 0.153. The molecular weight excluding hydrogens is 394 g/mol. The molecule has 0 spiro atoms. The normalized spacial score (nSPS) is 9.25. The Morgan fingerprint density at radius 3 is 1.42 bits per heavy atom. The fourth-order valence-corrected chi connectivity index (χ4v) is 0. The summed E-state index contributed by atoms with van der Waals surface area (Å²) in [5, 5.41) is 23.6. The molecule has 0 aliphatic carbocycles. The molecule has 0 saturated carbocycles. The van der Waals surface area contributed by atoms with Crippen molar-refractivity contribution in [3.05, 3.63) is 0 Å². The van der Waals surface area contributed by atoms with Crippen LogP contribution in [-0.2, 0) is 9.59 Å². The third-order valence-electron chi connectivity index (χ3n) is 0.550. The quantitative estimate of drug-likeness (QED) is 0.348. The van der Waals surface area contributed by atoms with E-state index >= 15 is 0 Å². The molecule has 0 atom stereocenters. The van der Waals surface area contributed by atoms with Gasteiger partial charge < -0.3 is 15.3 Å². The Kier molecular flexibility index (Phi) is 10.2. The number of aliphatic hydroxyl groups excluding tert-OH is 1. The molecule has 0 saturated heterocycles. The van der Waals surface area contributed by atoms with E-state index in [1.54, 1.807) is 0 Å². The van der Waals surface area contributed by atoms with E-state index in [1.807, 2.05) is 45.2 Å². The number of aliphatic hydroxyl groups is 2. The average Bonchev–Trinajstić information content (AvgIpc) is 1.88. The number of halogens is 2. The molecular formula is C5H8I2O5. The molecule has 0 fully saturated rings. The number of carboxylic acid groups (broad SMARTS) is 1. The van der Waals surface area contributed by atoms with Gasteiger partial charge in [-0.1, -0.05) is 45.2 Å². The zero-order valence-electron chi connectivity index (χ0n) is 6.07. The summed E-state index contributed by atoms with van der Waals surface area (Å²) in [6.45, 7) is 1.10. The zero-order chi connectivity index (χ0) is 10.3. The minimum absolute atomic E-state index is 0.291. The van der Waals surface area contributed by atoms with E-state index in [0.29, 0.717) is 0 Å². The second kappa shape index (κ2) is 8.13. The molecule has 0 aliphatic heterocycles. The summed E-state index contributed by atoms with van der Waals surface area (Å²) in [5.74, 6) is -1.40. The fraction of sp³-hybridized carbons (Fsp3) is 0.600. The number of hydrogen-bond donors (Lipinski definition) is 3. The molecule has 0 aliphatic rings. The Morgan fingerprint density at radius 2 is 1.42 bits per heavy atom. The third-order valence-corrected chi connectivity index (χ3v) is 1.62. The fourth-order valence-electron chi connectivity index (χ4n) is 0. The molecule has 0 amide bonds. The van der Waals surface area contributed by atoms with Gasteiger partial charge in [0.15, 0.2) is 7.71 Å². The van der Waals surface area contributed by atoms with E-state index in [9.17, 15) is 9.59 Å². The number of Topliss-reactive ketones (excluding diaryl/α,β-unsaturated/α-hetero) is 1. The van der Waals surface area contributed by atoms with Crippen LogP contribution in [0.1, 0.15) is 6.92 Å². The van der Waals surface area contributed by atoms with Crippen molar-refractivity contribution in [2.45, 2.75) is 15.1 Å². The van der Waals surface area contributed by atoms with Crippen molar-refractivity contribution >= 4 is 56.9 Å². The van der Waals surface area contributed by atoms with Crippen LogP contribution in [0.15, 0.2) is 0 Å². The van der Waals surface area contributed by atoms with Gasteiger partial charge in [0.1, 0.15) is 0 Å². The highest BCUT2D eigenvalue weighted by Gasteiger charge is 2.04. The number of alkyl halides is 2. The van der Waals surface area contributed by atoms with Gasteiger partial charge in [0, 0.05) is 0 Å². The Labute approximate surface area is 96.4 Å². The summed E-state index contributed by atoms with van der Waals surface area (Å²) < 4.78 is -0.291. The number of carbonyl (C=O) groups excluding carboxylic acids is 1. The molecule has 0 aromatic heterocycles. The van der Waals surface area contributed by atoms with Gasteiger partial charge in [-0.15, -0.1) is 0 Å². The van der Waals surface area contributed by atoms with E-state index in [0.717, 1.165) is 6.92 Å². The maximum atomic E-state index is 9.68. The van der Waals surface area contributed by atoms with Gasteiger partial charge in [0.2, 0.25) is 6.29 Å². The Hall–Kier alpha value is 0.520. The molecule has 0 rings (SSSR count). The van der Waals surface area contributed by atoms with Gasteiger partial charge >= 0.3 is 5.97 Å². The first-order valence-electron chi connectivity index (χ1n) is 2.66. The van der Waals surface area contributed by atoms with Crippen LogP contribution in [0.25, 0.3) is 0 Å². The first-order valence-corrected chi connectivity index (χ1v) is 5.15. The molecule has 72 valence electrons. The predicted molar refractivity (Wildman–Crippen MR) is 58.4 cm³/mol. The smallest absolute Gasteiger partial charge is 0.326 e. The second-order valence-electron chi connectivity index (χ2n) is 1.62. The maximum Gasteiger partial charge on any atom is 0.326 e. The largest absolute Gasteiger partial charge is 0.480 e. The monoisotopic (exact) mass is 402 g/mol. The summed E-state index contributed by atoms with van der Waals surface area (Å²) in [7, 11) is 0. The molecule has 0 unspecified atom stereocenters. The van der Waals surface area contributed by atoms with Crippen molar-refractivity contribution in [1.82, 2.24) is 0 Å². The van der Waals surface area contributed by atoms with Crippen LogP contribution >= 0.6 is 45.2 Å². The molecule has 0 radical (unpaired) electrons. The average molecular weight is 402 g/mol. The molecule has 7 heteroatoms. The van der Waals surface area contributed by atoms with E-state index < -0.39 is 18.0 Å². The van der Waals surface area contributed by atoms with Gasteiger partial charge in [-0.05, 0) is 6.92 Å². The number of aliphatic carboxylic acids is 1. The Morgan fingerprint density at radius 1 is 1.25 bits per heavy atom. The minimum Gasteiger partial charge on any atom is -0.480 e. The first-order chi connectivity index (χ1) is 5.29. The standard InChI is InChI=1S/C3H6O3.C2H2I2O2/c1-2(4)3(5)6;3-1(4)2(5)6/h3,5-6H,1H3;1H,(H,5,6). The molecule has 0 aromatic carbocycles. The first kappa shape index (κ1) is 15.0. The SMILES string of the molecule is CC(=O)C(O)O.O=C(O)C(I)I. The van der Waals surface area contributed by atoms with Crippen molar-refractivity contribution < 1.29 is 24.9 Å². The molecule has 12 heavy (non-hydrogen) atoms. The van der Waals surface area contributed by atoms with Crippen molar-refractivity contribution in [2.75, 3.05) is 0 Å². The number of carbonyl (C=O) groups is 2. The van der Waals surface area contributed by atoms with Gasteiger partial charge in [0.25, 0.3) is 0 Å². The number of rotatable bonds is 2. The number of carboxylic acids is 1. The van der Waals surface area contributed by atoms with E-state index in [-0.39, 0.29) is 1.93 Å². The van der Waals surface area contributed by atoms with Crippen molar-refractivity contribution in [1.29, 1.82) is 0 Å². The van der Waals surface area contributed by atoms with Gasteiger partial charge in [-0.25, -0.2) is 0 Å². The summed E-state index contributed by atoms with van der Waals surface area (Å²) >= 11 is 3.64. The van der Waals surface area contributed by atoms with Gasteiger partial charge in [0.05, 0.1) is 0 Å². The number of ketones is 1. The maximum absolute atomic E-state index is 9.68. The topological polar surface area (TPSA) is 94.8 Å². The van der Waals surface area contributed by atoms with E-state index in [2.05, 4.69) is 0 Å². The van der Waals surface area contributed by atoms with E-state index in [1.165, 1.54) is 0 Å². The summed E-state index contributed by atoms with van der Waals surface area (Å²) in [4.78, 5) is 19.3. The lowest BCUT2D eigenvalue weighted by molar-refractivity contribution is -0.142. The summed E-state index contributed by atoms with van der Waals surface area (Å²) in [5.41, 5.74) is 0. The molecule has 0 aromatic rings. The lowest BCUT2D eigenvalue weighted by Crippen LogP contribution is -2.14. The van der Waals surface area contributed by atoms with E-state index in [4.69, 9.17) is 15.3 Å². The second-order valence-corrected chi connectivity index (χ2v) is 6.50. The highest BCUT2D eigenvalue weighted by atomic mass is 127. The van der Waals surface area contributed by atoms with Crippen LogP contribution in [0.3, 0.4) is 0 Å². The van der Waals surface area contributed by atoms with Crippen molar-refractivity contribution in [3.8, 4) is 0 Å². The Bertz CT molecular complexity index is 138. The Balaban J connectivity index is 0. The van der Waals surface area contributed by atoms with Gasteiger partial charge in [-0.2, -0.15) is 0 Å². The van der Waals surface area contributed by atoms with Crippen LogP contribution in [0, 0.1) is 0 Å². The molecule has 3 N–H and O–H groups in total. The zero-order valence-corrected chi connectivity index (χ0v) is 10.4. The lowest BCUT2D eigenvalue weighted by atomic mass is 10.4. The van der Waals surface area contributed by atoms with Crippen molar-refractivity contribution in [2.24, 2.45) is 0 Å². The highest BCUT2D eigenvalue weighted by Crippen LogP contribution is 2.07. The highest BCUT2D eigenvalue weighted by molar-refractivity contribution is 14.2. The summed E-state index contributed by atoms with van der Waals surface area (Å²) in [6, 6.07) is 0. The lowest BCUT2D eigenvalue weighted by Gasteiger charge is -1.90. The third kappa shape index (κ3) is 13.1. The minimum atomic E-state index is -1.79. The molecule has 5 nitrogen and oxygen atoms in total. The van der Waals surface area contributed by atoms with Crippen LogP contribution < -0.4 is 0 Å². The van der Waals surface area contributed by atoms with Crippen LogP contribution in [-0.4, -0.2) is 35.3 Å².